The van der Waals surface area contributed by atoms with Crippen molar-refractivity contribution in [2.24, 2.45) is 0 Å². The van der Waals surface area contributed by atoms with Gasteiger partial charge in [0, 0.05) is 44.7 Å². The molecule has 0 unspecified atom stereocenters. The quantitative estimate of drug-likeness (QED) is 0.221. The summed E-state index contributed by atoms with van der Waals surface area (Å²) in [6, 6.07) is 52.2. The summed E-state index contributed by atoms with van der Waals surface area (Å²) >= 11 is 0. The van der Waals surface area contributed by atoms with Crippen molar-refractivity contribution in [2.75, 3.05) is 0 Å². The second-order valence-electron chi connectivity index (χ2n) is 10.9. The van der Waals surface area contributed by atoms with E-state index in [0.717, 1.165) is 33.4 Å². The van der Waals surface area contributed by atoms with E-state index >= 15 is 0 Å². The predicted molar refractivity (Wildman–Crippen MR) is 176 cm³/mol. The molecule has 0 aliphatic carbocycles. The molecule has 9 aromatic rings. The van der Waals surface area contributed by atoms with Crippen molar-refractivity contribution in [2.45, 2.75) is 0 Å². The van der Waals surface area contributed by atoms with Crippen LogP contribution in [0.1, 0.15) is 0 Å². The number of nitrogens with zero attached hydrogens (tertiary/aromatic N) is 3. The smallest absolute Gasteiger partial charge is 0.145 e. The zero-order chi connectivity index (χ0) is 27.6. The maximum Gasteiger partial charge on any atom is 0.145 e. The largest absolute Gasteiger partial charge is 0.309 e. The van der Waals surface area contributed by atoms with Gasteiger partial charge in [-0.05, 0) is 70.9 Å². The molecular weight excluding hydrogens is 510 g/mol. The van der Waals surface area contributed by atoms with Gasteiger partial charge in [0.15, 0.2) is 0 Å². The molecule has 0 aliphatic heterocycles. The van der Waals surface area contributed by atoms with Crippen molar-refractivity contribution in [3.63, 3.8) is 0 Å². The van der Waals surface area contributed by atoms with E-state index in [1.165, 1.54) is 43.7 Å². The van der Waals surface area contributed by atoms with Crippen molar-refractivity contribution in [3.05, 3.63) is 152 Å². The number of para-hydroxylation sites is 3. The number of pyridine rings is 1. The summed E-state index contributed by atoms with van der Waals surface area (Å²) in [6.07, 6.45) is 2.02. The standard InChI is InChI=1S/C39H25N3/c1-2-12-30(13-3-1)42-37-17-9-7-15-33(37)35-24-29(25-40-39(35)42)28-19-21-38-34(23-28)32-14-6-8-16-36(32)41(38)31-20-18-26-10-4-5-11-27(26)22-31/h1-25H. The lowest BCUT2D eigenvalue weighted by molar-refractivity contribution is 1.14. The molecule has 0 spiro atoms. The van der Waals surface area contributed by atoms with E-state index in [4.69, 9.17) is 4.98 Å². The number of hydrogen-bond acceptors (Lipinski definition) is 1. The Morgan fingerprint density at radius 1 is 0.381 bits per heavy atom. The molecular formula is C39H25N3. The van der Waals surface area contributed by atoms with Crippen LogP contribution in [0.15, 0.2) is 152 Å². The molecule has 3 heterocycles. The monoisotopic (exact) mass is 535 g/mol. The Bertz CT molecular complexity index is 2460. The summed E-state index contributed by atoms with van der Waals surface area (Å²) in [4.78, 5) is 5.05. The first-order chi connectivity index (χ1) is 20.8. The minimum Gasteiger partial charge on any atom is -0.309 e. The fraction of sp³-hybridized carbons (Fsp3) is 0. The molecule has 0 bridgehead atoms. The topological polar surface area (TPSA) is 22.8 Å². The third-order valence-electron chi connectivity index (χ3n) is 8.53. The summed E-state index contributed by atoms with van der Waals surface area (Å²) in [6.45, 7) is 0. The predicted octanol–water partition coefficient (Wildman–Crippen LogP) is 10.1. The van der Waals surface area contributed by atoms with Crippen LogP contribution in [0, 0.1) is 0 Å². The summed E-state index contributed by atoms with van der Waals surface area (Å²) in [7, 11) is 0. The van der Waals surface area contributed by atoms with Crippen LogP contribution in [-0.4, -0.2) is 14.1 Å². The molecule has 0 aliphatic rings. The van der Waals surface area contributed by atoms with Crippen molar-refractivity contribution < 1.29 is 0 Å². The first-order valence-corrected chi connectivity index (χ1v) is 14.3. The van der Waals surface area contributed by atoms with E-state index in [0.29, 0.717) is 0 Å². The van der Waals surface area contributed by atoms with Crippen molar-refractivity contribution in [1.29, 1.82) is 0 Å². The maximum absolute atomic E-state index is 5.05. The summed E-state index contributed by atoms with van der Waals surface area (Å²) in [5.41, 5.74) is 9.11. The van der Waals surface area contributed by atoms with Crippen LogP contribution in [0.3, 0.4) is 0 Å². The Labute approximate surface area is 242 Å². The number of aromatic nitrogens is 3. The van der Waals surface area contributed by atoms with E-state index in [1.54, 1.807) is 0 Å². The number of benzene rings is 6. The molecule has 42 heavy (non-hydrogen) atoms. The van der Waals surface area contributed by atoms with Crippen molar-refractivity contribution >= 4 is 54.5 Å². The summed E-state index contributed by atoms with van der Waals surface area (Å²) < 4.78 is 4.64. The third kappa shape index (κ3) is 3.37. The van der Waals surface area contributed by atoms with Crippen LogP contribution in [0.5, 0.6) is 0 Å². The summed E-state index contributed by atoms with van der Waals surface area (Å²) in [5.74, 6) is 0. The Balaban J connectivity index is 1.26. The lowest BCUT2D eigenvalue weighted by Crippen LogP contribution is -1.95. The molecule has 0 saturated heterocycles. The number of hydrogen-bond donors (Lipinski definition) is 0. The van der Waals surface area contributed by atoms with E-state index < -0.39 is 0 Å². The van der Waals surface area contributed by atoms with Gasteiger partial charge >= 0.3 is 0 Å². The van der Waals surface area contributed by atoms with Crippen LogP contribution >= 0.6 is 0 Å². The SMILES string of the molecule is c1ccc(-n2c3ccccc3c3cc(-c4ccc5c(c4)c4ccccc4n5-c4ccc5ccccc5c4)cnc32)cc1. The van der Waals surface area contributed by atoms with Gasteiger partial charge in [-0.3, -0.25) is 4.57 Å². The highest BCUT2D eigenvalue weighted by atomic mass is 15.0. The minimum atomic E-state index is 0.972. The average molecular weight is 536 g/mol. The van der Waals surface area contributed by atoms with E-state index in [1.807, 2.05) is 6.20 Å². The molecule has 0 fully saturated rings. The van der Waals surface area contributed by atoms with Gasteiger partial charge in [0.2, 0.25) is 0 Å². The number of rotatable bonds is 3. The van der Waals surface area contributed by atoms with Gasteiger partial charge < -0.3 is 4.57 Å². The highest BCUT2D eigenvalue weighted by Gasteiger charge is 2.16. The lowest BCUT2D eigenvalue weighted by Gasteiger charge is -2.10. The molecule has 196 valence electrons. The van der Waals surface area contributed by atoms with Gasteiger partial charge in [0.25, 0.3) is 0 Å². The van der Waals surface area contributed by atoms with Crippen LogP contribution in [0.25, 0.3) is 77.0 Å². The van der Waals surface area contributed by atoms with Gasteiger partial charge in [-0.1, -0.05) is 91.0 Å². The van der Waals surface area contributed by atoms with Crippen LogP contribution in [0.2, 0.25) is 0 Å². The fourth-order valence-electron chi connectivity index (χ4n) is 6.59. The molecule has 6 aromatic carbocycles. The molecule has 0 N–H and O–H groups in total. The normalized spacial score (nSPS) is 11.8. The molecule has 3 heteroatoms. The first kappa shape index (κ1) is 23.1. The van der Waals surface area contributed by atoms with E-state index in [9.17, 15) is 0 Å². The van der Waals surface area contributed by atoms with E-state index in [2.05, 4.69) is 155 Å². The second kappa shape index (κ2) is 8.92. The number of fused-ring (bicyclic) bond motifs is 7. The Morgan fingerprint density at radius 2 is 1.02 bits per heavy atom. The van der Waals surface area contributed by atoms with E-state index in [-0.39, 0.29) is 0 Å². The van der Waals surface area contributed by atoms with Gasteiger partial charge in [-0.2, -0.15) is 0 Å². The molecule has 0 radical (unpaired) electrons. The highest BCUT2D eigenvalue weighted by Crippen LogP contribution is 2.37. The van der Waals surface area contributed by atoms with Crippen molar-refractivity contribution in [3.8, 4) is 22.5 Å². The van der Waals surface area contributed by atoms with Crippen LogP contribution in [-0.2, 0) is 0 Å². The Morgan fingerprint density at radius 3 is 1.86 bits per heavy atom. The molecule has 3 nitrogen and oxygen atoms in total. The zero-order valence-corrected chi connectivity index (χ0v) is 22.8. The molecule has 3 aromatic heterocycles. The van der Waals surface area contributed by atoms with Gasteiger partial charge in [0.1, 0.15) is 5.65 Å². The van der Waals surface area contributed by atoms with Crippen LogP contribution in [0.4, 0.5) is 0 Å². The van der Waals surface area contributed by atoms with Gasteiger partial charge in [0.05, 0.1) is 16.6 Å². The van der Waals surface area contributed by atoms with Crippen LogP contribution < -0.4 is 0 Å². The second-order valence-corrected chi connectivity index (χ2v) is 10.9. The zero-order valence-electron chi connectivity index (χ0n) is 22.8. The first-order valence-electron chi connectivity index (χ1n) is 14.3. The van der Waals surface area contributed by atoms with Gasteiger partial charge in [-0.15, -0.1) is 0 Å². The highest BCUT2D eigenvalue weighted by molar-refractivity contribution is 6.12. The van der Waals surface area contributed by atoms with Crippen molar-refractivity contribution in [1.82, 2.24) is 14.1 Å². The fourth-order valence-corrected chi connectivity index (χ4v) is 6.59. The molecule has 9 rings (SSSR count). The lowest BCUT2D eigenvalue weighted by atomic mass is 10.0. The average Bonchev–Trinajstić information content (AvgIpc) is 3.57. The minimum absolute atomic E-state index is 0.972. The summed E-state index contributed by atoms with van der Waals surface area (Å²) in [5, 5.41) is 7.35. The maximum atomic E-state index is 5.05. The van der Waals surface area contributed by atoms with Gasteiger partial charge in [-0.25, -0.2) is 4.98 Å². The Kier molecular flexibility index (Phi) is 4.90. The molecule has 0 saturated carbocycles. The third-order valence-corrected chi connectivity index (χ3v) is 8.53. The Hall–Kier alpha value is -5.67. The molecule has 0 amide bonds. The molecule has 0 atom stereocenters.